The van der Waals surface area contributed by atoms with Crippen molar-refractivity contribution in [3.8, 4) is 0 Å². The lowest BCUT2D eigenvalue weighted by molar-refractivity contribution is -0.145. The Morgan fingerprint density at radius 1 is 1.17 bits per heavy atom. The lowest BCUT2D eigenvalue weighted by Crippen LogP contribution is -2.40. The van der Waals surface area contributed by atoms with Gasteiger partial charge in [0.05, 0.1) is 5.92 Å². The van der Waals surface area contributed by atoms with Crippen molar-refractivity contribution in [1.82, 2.24) is 4.90 Å². The summed E-state index contributed by atoms with van der Waals surface area (Å²) in [5, 5.41) is 9.20. The van der Waals surface area contributed by atoms with E-state index in [9.17, 15) is 19.1 Å². The van der Waals surface area contributed by atoms with Gasteiger partial charge in [0.15, 0.2) is 0 Å². The lowest BCUT2D eigenvalue weighted by atomic mass is 9.80. The first-order valence-corrected chi connectivity index (χ1v) is 8.32. The molecule has 0 saturated heterocycles. The fourth-order valence-electron chi connectivity index (χ4n) is 3.48. The maximum Gasteiger partial charge on any atom is 0.306 e. The standard InChI is InChI=1S/C18H22FNO3/c19-15-6-1-3-12(9-15)11-20(16-7-8-16)17(21)13-4-2-5-14(10-13)18(22)23/h1,3,6,9,13-14,16H,2,4-5,7-8,10-11H2,(H,22,23). The summed E-state index contributed by atoms with van der Waals surface area (Å²) >= 11 is 0. The van der Waals surface area contributed by atoms with E-state index in [1.807, 2.05) is 11.0 Å². The van der Waals surface area contributed by atoms with Crippen molar-refractivity contribution in [2.75, 3.05) is 0 Å². The third kappa shape index (κ3) is 3.89. The molecule has 0 bridgehead atoms. The van der Waals surface area contributed by atoms with E-state index in [4.69, 9.17) is 0 Å². The van der Waals surface area contributed by atoms with Crippen LogP contribution in [-0.4, -0.2) is 27.9 Å². The predicted molar refractivity (Wildman–Crippen MR) is 83.1 cm³/mol. The molecule has 4 nitrogen and oxygen atoms in total. The van der Waals surface area contributed by atoms with Crippen LogP contribution in [0, 0.1) is 17.7 Å². The molecule has 1 amide bonds. The van der Waals surface area contributed by atoms with Crippen LogP contribution in [0.25, 0.3) is 0 Å². The summed E-state index contributed by atoms with van der Waals surface area (Å²) in [5.41, 5.74) is 0.788. The molecule has 1 aromatic carbocycles. The third-order valence-electron chi connectivity index (χ3n) is 4.89. The third-order valence-corrected chi connectivity index (χ3v) is 4.89. The van der Waals surface area contributed by atoms with E-state index in [0.717, 1.165) is 31.2 Å². The van der Waals surface area contributed by atoms with Crippen LogP contribution in [0.2, 0.25) is 0 Å². The first kappa shape index (κ1) is 16.0. The Kier molecular flexibility index (Phi) is 4.64. The molecule has 0 aliphatic heterocycles. The Balaban J connectivity index is 1.70. The molecule has 0 radical (unpaired) electrons. The van der Waals surface area contributed by atoms with Gasteiger partial charge in [0.1, 0.15) is 5.82 Å². The number of amides is 1. The molecule has 2 atom stereocenters. The fraction of sp³-hybridized carbons (Fsp3) is 0.556. The maximum atomic E-state index is 13.4. The number of rotatable bonds is 5. The first-order valence-electron chi connectivity index (χ1n) is 8.32. The van der Waals surface area contributed by atoms with Crippen molar-refractivity contribution in [3.05, 3.63) is 35.6 Å². The summed E-state index contributed by atoms with van der Waals surface area (Å²) in [7, 11) is 0. The highest BCUT2D eigenvalue weighted by molar-refractivity contribution is 5.81. The molecule has 3 rings (SSSR count). The van der Waals surface area contributed by atoms with Gasteiger partial charge in [0.25, 0.3) is 0 Å². The Morgan fingerprint density at radius 2 is 1.91 bits per heavy atom. The summed E-state index contributed by atoms with van der Waals surface area (Å²) < 4.78 is 13.4. The van der Waals surface area contributed by atoms with Gasteiger partial charge in [-0.2, -0.15) is 0 Å². The summed E-state index contributed by atoms with van der Waals surface area (Å²) in [5.74, 6) is -1.67. The Labute approximate surface area is 135 Å². The second-order valence-corrected chi connectivity index (χ2v) is 6.73. The van der Waals surface area contributed by atoms with Crippen molar-refractivity contribution < 1.29 is 19.1 Å². The van der Waals surface area contributed by atoms with E-state index in [2.05, 4.69) is 0 Å². The number of carbonyl (C=O) groups is 2. The van der Waals surface area contributed by atoms with Gasteiger partial charge < -0.3 is 10.0 Å². The number of nitrogens with zero attached hydrogens (tertiary/aromatic N) is 1. The molecule has 23 heavy (non-hydrogen) atoms. The van der Waals surface area contributed by atoms with Crippen LogP contribution in [0.3, 0.4) is 0 Å². The predicted octanol–water partition coefficient (Wildman–Crippen LogP) is 3.21. The van der Waals surface area contributed by atoms with Crippen LogP contribution in [-0.2, 0) is 16.1 Å². The smallest absolute Gasteiger partial charge is 0.306 e. The minimum Gasteiger partial charge on any atom is -0.481 e. The van der Waals surface area contributed by atoms with E-state index in [0.29, 0.717) is 19.4 Å². The lowest BCUT2D eigenvalue weighted by Gasteiger charge is -2.31. The number of hydrogen-bond acceptors (Lipinski definition) is 2. The minimum atomic E-state index is -0.800. The summed E-state index contributed by atoms with van der Waals surface area (Å²) in [6.07, 6.45) is 4.60. The summed E-state index contributed by atoms with van der Waals surface area (Å²) in [4.78, 5) is 25.9. The fourth-order valence-corrected chi connectivity index (χ4v) is 3.48. The quantitative estimate of drug-likeness (QED) is 0.906. The topological polar surface area (TPSA) is 57.6 Å². The van der Waals surface area contributed by atoms with Gasteiger partial charge in [-0.25, -0.2) is 4.39 Å². The largest absolute Gasteiger partial charge is 0.481 e. The van der Waals surface area contributed by atoms with Crippen LogP contribution in [0.5, 0.6) is 0 Å². The van der Waals surface area contributed by atoms with Gasteiger partial charge in [0, 0.05) is 18.5 Å². The monoisotopic (exact) mass is 319 g/mol. The molecule has 0 aromatic heterocycles. The van der Waals surface area contributed by atoms with Crippen LogP contribution in [0.15, 0.2) is 24.3 Å². The number of carboxylic acid groups (broad SMARTS) is 1. The van der Waals surface area contributed by atoms with Crippen LogP contribution < -0.4 is 0 Å². The van der Waals surface area contributed by atoms with Gasteiger partial charge in [-0.3, -0.25) is 9.59 Å². The SMILES string of the molecule is O=C(O)C1CCCC(C(=O)N(Cc2cccc(F)c2)C2CC2)C1. The molecule has 2 aliphatic carbocycles. The molecule has 0 heterocycles. The molecule has 0 spiro atoms. The highest BCUT2D eigenvalue weighted by atomic mass is 19.1. The van der Waals surface area contributed by atoms with Crippen LogP contribution >= 0.6 is 0 Å². The highest BCUT2D eigenvalue weighted by Gasteiger charge is 2.38. The zero-order valence-corrected chi connectivity index (χ0v) is 13.1. The zero-order chi connectivity index (χ0) is 16.4. The maximum absolute atomic E-state index is 13.4. The van der Waals surface area contributed by atoms with Crippen LogP contribution in [0.4, 0.5) is 4.39 Å². The Morgan fingerprint density at radius 3 is 2.57 bits per heavy atom. The van der Waals surface area contributed by atoms with E-state index < -0.39 is 11.9 Å². The Bertz CT molecular complexity index is 600. The van der Waals surface area contributed by atoms with Gasteiger partial charge >= 0.3 is 5.97 Å². The van der Waals surface area contributed by atoms with Gasteiger partial charge in [-0.05, 0) is 49.8 Å². The van der Waals surface area contributed by atoms with Crippen molar-refractivity contribution in [2.24, 2.45) is 11.8 Å². The minimum absolute atomic E-state index is 0.0442. The van der Waals surface area contributed by atoms with E-state index in [1.54, 1.807) is 6.07 Å². The molecular formula is C18H22FNO3. The van der Waals surface area contributed by atoms with E-state index >= 15 is 0 Å². The van der Waals surface area contributed by atoms with E-state index in [-0.39, 0.29) is 23.7 Å². The van der Waals surface area contributed by atoms with Gasteiger partial charge in [-0.15, -0.1) is 0 Å². The average Bonchev–Trinajstić information content (AvgIpc) is 3.37. The van der Waals surface area contributed by atoms with Crippen molar-refractivity contribution in [2.45, 2.75) is 51.1 Å². The number of carboxylic acids is 1. The number of halogens is 1. The molecule has 2 unspecified atom stereocenters. The van der Waals surface area contributed by atoms with Gasteiger partial charge in [-0.1, -0.05) is 18.6 Å². The Hall–Kier alpha value is -1.91. The first-order chi connectivity index (χ1) is 11.0. The molecule has 124 valence electrons. The summed E-state index contributed by atoms with van der Waals surface area (Å²) in [6, 6.07) is 6.57. The molecule has 2 fully saturated rings. The van der Waals surface area contributed by atoms with Crippen molar-refractivity contribution in [3.63, 3.8) is 0 Å². The number of hydrogen-bond donors (Lipinski definition) is 1. The van der Waals surface area contributed by atoms with Crippen molar-refractivity contribution >= 4 is 11.9 Å². The molecule has 1 N–H and O–H groups in total. The molecular weight excluding hydrogens is 297 g/mol. The number of benzene rings is 1. The van der Waals surface area contributed by atoms with Gasteiger partial charge in [0.2, 0.25) is 5.91 Å². The van der Waals surface area contributed by atoms with Crippen molar-refractivity contribution in [1.29, 1.82) is 0 Å². The molecule has 5 heteroatoms. The summed E-state index contributed by atoms with van der Waals surface area (Å²) in [6.45, 7) is 0.412. The zero-order valence-electron chi connectivity index (χ0n) is 13.1. The van der Waals surface area contributed by atoms with Crippen LogP contribution in [0.1, 0.15) is 44.1 Å². The van der Waals surface area contributed by atoms with E-state index in [1.165, 1.54) is 12.1 Å². The average molecular weight is 319 g/mol. The molecule has 2 saturated carbocycles. The normalized spacial score (nSPS) is 24.2. The second kappa shape index (κ2) is 6.69. The highest BCUT2D eigenvalue weighted by Crippen LogP contribution is 2.35. The number of aliphatic carboxylic acids is 1. The molecule has 1 aromatic rings. The second-order valence-electron chi connectivity index (χ2n) is 6.73. The molecule has 2 aliphatic rings. The number of carbonyl (C=O) groups excluding carboxylic acids is 1.